The summed E-state index contributed by atoms with van der Waals surface area (Å²) < 4.78 is 0.923. The van der Waals surface area contributed by atoms with Gasteiger partial charge in [-0.3, -0.25) is 0 Å². The lowest BCUT2D eigenvalue weighted by Gasteiger charge is -1.95. The first-order valence-corrected chi connectivity index (χ1v) is 5.36. The van der Waals surface area contributed by atoms with Crippen LogP contribution in [0.5, 0.6) is 0 Å². The molecule has 5 heteroatoms. The molecule has 0 saturated heterocycles. The molecule has 76 valence electrons. The number of halogens is 2. The number of azide groups is 1. The van der Waals surface area contributed by atoms with E-state index >= 15 is 0 Å². The molecule has 0 unspecified atom stereocenters. The zero-order valence-corrected chi connectivity index (χ0v) is 10.1. The number of hydrogen-bond donors (Lipinski definition) is 0. The van der Waals surface area contributed by atoms with E-state index in [1.807, 2.05) is 12.1 Å². The van der Waals surface area contributed by atoms with Crippen LogP contribution in [0.1, 0.15) is 12.0 Å². The monoisotopic (exact) mass is 283 g/mol. The average molecular weight is 285 g/mol. The Kier molecular flexibility index (Phi) is 5.06. The fraction of sp³-hybridized carbons (Fsp3) is 0.200. The van der Waals surface area contributed by atoms with Gasteiger partial charge in [-0.2, -0.15) is 0 Å². The van der Waals surface area contributed by atoms with Crippen LogP contribution >= 0.6 is 27.5 Å². The van der Waals surface area contributed by atoms with Crippen molar-refractivity contribution in [1.82, 2.24) is 0 Å². The summed E-state index contributed by atoms with van der Waals surface area (Å²) in [4.78, 5) is 2.63. The third-order valence-corrected chi connectivity index (χ3v) is 2.36. The maximum Gasteiger partial charge on any atom is 0.0573 e. The van der Waals surface area contributed by atoms with Crippen molar-refractivity contribution in [3.63, 3.8) is 0 Å². The van der Waals surface area contributed by atoms with E-state index in [0.29, 0.717) is 18.0 Å². The maximum atomic E-state index is 8.04. The van der Waals surface area contributed by atoms with Crippen LogP contribution in [-0.4, -0.2) is 6.54 Å². The number of rotatable bonds is 2. The summed E-state index contributed by atoms with van der Waals surface area (Å²) in [5.41, 5.74) is 8.82. The Balaban J connectivity index is 2.67. The van der Waals surface area contributed by atoms with Gasteiger partial charge in [-0.05, 0) is 23.7 Å². The first kappa shape index (κ1) is 11.9. The smallest absolute Gasteiger partial charge is 0.0573 e. The lowest BCUT2D eigenvalue weighted by Crippen LogP contribution is -1.78. The molecule has 0 aliphatic rings. The molecule has 0 heterocycles. The molecule has 15 heavy (non-hydrogen) atoms. The predicted octanol–water partition coefficient (Wildman–Crippen LogP) is 4.15. The molecule has 0 radical (unpaired) electrons. The third kappa shape index (κ3) is 4.26. The van der Waals surface area contributed by atoms with Gasteiger partial charge in [-0.1, -0.05) is 44.5 Å². The summed E-state index contributed by atoms with van der Waals surface area (Å²) in [7, 11) is 0. The van der Waals surface area contributed by atoms with E-state index in [0.717, 1.165) is 10.0 Å². The summed E-state index contributed by atoms with van der Waals surface area (Å²) in [6.07, 6.45) is 0.538. The van der Waals surface area contributed by atoms with Crippen LogP contribution < -0.4 is 0 Å². The van der Waals surface area contributed by atoms with Gasteiger partial charge in [0, 0.05) is 27.9 Å². The number of nitrogens with zero attached hydrogens (tertiary/aromatic N) is 3. The van der Waals surface area contributed by atoms with Crippen molar-refractivity contribution in [2.75, 3.05) is 6.54 Å². The summed E-state index contributed by atoms with van der Waals surface area (Å²) in [6, 6.07) is 5.51. The Morgan fingerprint density at radius 3 is 3.00 bits per heavy atom. The highest BCUT2D eigenvalue weighted by Gasteiger charge is 1.96. The minimum absolute atomic E-state index is 0.387. The van der Waals surface area contributed by atoms with Gasteiger partial charge in [0.2, 0.25) is 0 Å². The molecule has 0 N–H and O–H groups in total. The Labute approximate surface area is 101 Å². The van der Waals surface area contributed by atoms with Gasteiger partial charge < -0.3 is 0 Å². The van der Waals surface area contributed by atoms with Gasteiger partial charge in [0.05, 0.1) is 5.02 Å². The van der Waals surface area contributed by atoms with Gasteiger partial charge >= 0.3 is 0 Å². The van der Waals surface area contributed by atoms with Crippen LogP contribution in [0.25, 0.3) is 10.4 Å². The topological polar surface area (TPSA) is 48.8 Å². The fourth-order valence-corrected chi connectivity index (χ4v) is 1.62. The molecule has 0 aromatic heterocycles. The van der Waals surface area contributed by atoms with E-state index in [-0.39, 0.29) is 0 Å². The summed E-state index contributed by atoms with van der Waals surface area (Å²) >= 11 is 9.27. The molecular formula is C10H7BrClN3. The van der Waals surface area contributed by atoms with Crippen LogP contribution in [0, 0.1) is 11.8 Å². The fourth-order valence-electron chi connectivity index (χ4n) is 0.899. The molecule has 1 aromatic rings. The standard InChI is InChI=1S/C10H7BrClN3/c11-9-5-4-8(10(12)7-9)3-1-2-6-14-15-13/h4-5,7H,2,6H2. The van der Waals surface area contributed by atoms with Crippen LogP contribution in [0.3, 0.4) is 0 Å². The Bertz CT molecular complexity index is 455. The molecule has 0 aliphatic heterocycles. The van der Waals surface area contributed by atoms with Crippen LogP contribution in [-0.2, 0) is 0 Å². The minimum atomic E-state index is 0.387. The Morgan fingerprint density at radius 2 is 2.33 bits per heavy atom. The van der Waals surface area contributed by atoms with Gasteiger partial charge in [-0.25, -0.2) is 0 Å². The molecule has 0 aliphatic carbocycles. The predicted molar refractivity (Wildman–Crippen MR) is 64.7 cm³/mol. The van der Waals surface area contributed by atoms with E-state index < -0.39 is 0 Å². The van der Waals surface area contributed by atoms with Crippen molar-refractivity contribution in [3.05, 3.63) is 43.7 Å². The number of benzene rings is 1. The molecule has 3 nitrogen and oxygen atoms in total. The second-order valence-electron chi connectivity index (χ2n) is 2.63. The molecule has 0 spiro atoms. The Morgan fingerprint density at radius 1 is 1.53 bits per heavy atom. The zero-order chi connectivity index (χ0) is 11.1. The summed E-state index contributed by atoms with van der Waals surface area (Å²) in [6.45, 7) is 0.387. The highest BCUT2D eigenvalue weighted by Crippen LogP contribution is 2.20. The molecule has 0 amide bonds. The zero-order valence-electron chi connectivity index (χ0n) is 7.74. The second-order valence-corrected chi connectivity index (χ2v) is 3.95. The highest BCUT2D eigenvalue weighted by atomic mass is 79.9. The van der Waals surface area contributed by atoms with E-state index in [1.165, 1.54) is 0 Å². The van der Waals surface area contributed by atoms with Gasteiger partial charge in [0.1, 0.15) is 0 Å². The summed E-state index contributed by atoms with van der Waals surface area (Å²) in [5.74, 6) is 5.80. The van der Waals surface area contributed by atoms with Crippen LogP contribution in [0.4, 0.5) is 0 Å². The van der Waals surface area contributed by atoms with E-state index in [2.05, 4.69) is 37.8 Å². The normalized spacial score (nSPS) is 8.67. The molecule has 0 atom stereocenters. The van der Waals surface area contributed by atoms with Crippen molar-refractivity contribution in [2.45, 2.75) is 6.42 Å². The highest BCUT2D eigenvalue weighted by molar-refractivity contribution is 9.10. The van der Waals surface area contributed by atoms with Crippen LogP contribution in [0.15, 0.2) is 27.8 Å². The van der Waals surface area contributed by atoms with Gasteiger partial charge in [0.15, 0.2) is 0 Å². The van der Waals surface area contributed by atoms with E-state index in [9.17, 15) is 0 Å². The molecular weight excluding hydrogens is 277 g/mol. The molecule has 0 saturated carbocycles. The largest absolute Gasteiger partial charge is 0.0977 e. The SMILES string of the molecule is [N-]=[N+]=NCCC#Cc1ccc(Br)cc1Cl. The van der Waals surface area contributed by atoms with Crippen molar-refractivity contribution in [1.29, 1.82) is 0 Å². The molecule has 1 aromatic carbocycles. The summed E-state index contributed by atoms with van der Waals surface area (Å²) in [5, 5.41) is 3.99. The van der Waals surface area contributed by atoms with E-state index in [1.54, 1.807) is 6.07 Å². The molecule has 1 rings (SSSR count). The van der Waals surface area contributed by atoms with Crippen LogP contribution in [0.2, 0.25) is 5.02 Å². The van der Waals surface area contributed by atoms with Crippen molar-refractivity contribution in [2.24, 2.45) is 5.11 Å². The second kappa shape index (κ2) is 6.36. The first-order chi connectivity index (χ1) is 7.24. The van der Waals surface area contributed by atoms with Crippen molar-refractivity contribution in [3.8, 4) is 11.8 Å². The Hall–Kier alpha value is -1.14. The van der Waals surface area contributed by atoms with Gasteiger partial charge in [0.25, 0.3) is 0 Å². The third-order valence-electron chi connectivity index (χ3n) is 1.55. The lowest BCUT2D eigenvalue weighted by atomic mass is 10.2. The van der Waals surface area contributed by atoms with E-state index in [4.69, 9.17) is 17.1 Å². The average Bonchev–Trinajstić information content (AvgIpc) is 2.20. The lowest BCUT2D eigenvalue weighted by molar-refractivity contribution is 1.01. The minimum Gasteiger partial charge on any atom is -0.0977 e. The maximum absolute atomic E-state index is 8.04. The quantitative estimate of drug-likeness (QED) is 0.257. The first-order valence-electron chi connectivity index (χ1n) is 4.19. The molecule has 0 fully saturated rings. The number of hydrogen-bond acceptors (Lipinski definition) is 1. The van der Waals surface area contributed by atoms with Gasteiger partial charge in [-0.15, -0.1) is 0 Å². The van der Waals surface area contributed by atoms with Crippen molar-refractivity contribution >= 4 is 27.5 Å². The van der Waals surface area contributed by atoms with Crippen molar-refractivity contribution < 1.29 is 0 Å². The molecule has 0 bridgehead atoms.